The maximum atomic E-state index is 11.6. The summed E-state index contributed by atoms with van der Waals surface area (Å²) in [6, 6.07) is 11.8. The Morgan fingerprint density at radius 1 is 1.20 bits per heavy atom. The van der Waals surface area contributed by atoms with Crippen molar-refractivity contribution in [2.75, 3.05) is 20.1 Å². The van der Waals surface area contributed by atoms with Gasteiger partial charge in [-0.25, -0.2) is 0 Å². The fourth-order valence-corrected chi connectivity index (χ4v) is 5.03. The number of allylic oxidation sites excluding steroid dienone is 5. The summed E-state index contributed by atoms with van der Waals surface area (Å²) in [5.41, 5.74) is 7.02. The molecule has 1 N–H and O–H groups in total. The molecule has 0 aliphatic carbocycles. The molecule has 2 aromatic rings. The highest BCUT2D eigenvalue weighted by atomic mass is 35.5. The predicted molar refractivity (Wildman–Crippen MR) is 144 cm³/mol. The SMILES string of the molecule is C/C=C/C(CC1=C(CC)N(Cc2cccnc2)CCN1C)=C(\c1ccc(Cl)cc1)C(C)CC(=O)O. The minimum Gasteiger partial charge on any atom is -0.481 e. The van der Waals surface area contributed by atoms with E-state index in [9.17, 15) is 9.90 Å². The van der Waals surface area contributed by atoms with Crippen molar-refractivity contribution in [2.24, 2.45) is 5.92 Å². The lowest BCUT2D eigenvalue weighted by atomic mass is 9.85. The van der Waals surface area contributed by atoms with Gasteiger partial charge in [0.25, 0.3) is 0 Å². The van der Waals surface area contributed by atoms with Crippen molar-refractivity contribution < 1.29 is 9.90 Å². The Morgan fingerprint density at radius 2 is 1.94 bits per heavy atom. The first-order valence-electron chi connectivity index (χ1n) is 12.2. The largest absolute Gasteiger partial charge is 0.481 e. The second kappa shape index (κ2) is 12.6. The fraction of sp³-hybridized carbons (Fsp3) is 0.379. The number of benzene rings is 1. The summed E-state index contributed by atoms with van der Waals surface area (Å²) in [7, 11) is 2.16. The second-order valence-corrected chi connectivity index (χ2v) is 9.51. The van der Waals surface area contributed by atoms with Crippen LogP contribution < -0.4 is 0 Å². The van der Waals surface area contributed by atoms with Gasteiger partial charge in [-0.3, -0.25) is 9.78 Å². The van der Waals surface area contributed by atoms with E-state index < -0.39 is 5.97 Å². The fourth-order valence-electron chi connectivity index (χ4n) is 4.90. The van der Waals surface area contributed by atoms with Crippen LogP contribution in [0.15, 0.2) is 77.9 Å². The van der Waals surface area contributed by atoms with Crippen molar-refractivity contribution in [3.8, 4) is 0 Å². The third-order valence-corrected chi connectivity index (χ3v) is 6.76. The quantitative estimate of drug-likeness (QED) is 0.376. The van der Waals surface area contributed by atoms with Crippen LogP contribution in [0.1, 0.15) is 51.2 Å². The van der Waals surface area contributed by atoms with Crippen molar-refractivity contribution in [2.45, 2.75) is 46.6 Å². The number of halogens is 1. The van der Waals surface area contributed by atoms with E-state index in [0.717, 1.165) is 49.2 Å². The number of carbonyl (C=O) groups is 1. The first-order chi connectivity index (χ1) is 16.8. The smallest absolute Gasteiger partial charge is 0.303 e. The number of hydrogen-bond acceptors (Lipinski definition) is 4. The zero-order valence-corrected chi connectivity index (χ0v) is 21.9. The van der Waals surface area contributed by atoms with E-state index in [1.807, 2.05) is 56.5 Å². The van der Waals surface area contributed by atoms with Crippen molar-refractivity contribution in [1.82, 2.24) is 14.8 Å². The Labute approximate surface area is 214 Å². The van der Waals surface area contributed by atoms with Gasteiger partial charge in [-0.2, -0.15) is 0 Å². The zero-order chi connectivity index (χ0) is 25.4. The normalized spacial score (nSPS) is 16.0. The molecule has 0 radical (unpaired) electrons. The molecule has 0 saturated heterocycles. The Kier molecular flexibility index (Phi) is 9.55. The number of rotatable bonds is 10. The monoisotopic (exact) mass is 493 g/mol. The Bertz CT molecular complexity index is 1090. The highest BCUT2D eigenvalue weighted by molar-refractivity contribution is 6.30. The third-order valence-electron chi connectivity index (χ3n) is 6.51. The van der Waals surface area contributed by atoms with Crippen molar-refractivity contribution in [3.05, 3.63) is 94.1 Å². The molecule has 1 aliphatic heterocycles. The van der Waals surface area contributed by atoms with Crippen molar-refractivity contribution in [3.63, 3.8) is 0 Å². The van der Waals surface area contributed by atoms with Crippen molar-refractivity contribution in [1.29, 1.82) is 0 Å². The van der Waals surface area contributed by atoms with Crippen molar-refractivity contribution >= 4 is 23.1 Å². The molecule has 5 nitrogen and oxygen atoms in total. The summed E-state index contributed by atoms with van der Waals surface area (Å²) in [6.45, 7) is 8.93. The number of carboxylic acid groups (broad SMARTS) is 1. The molecular formula is C29H36ClN3O2. The van der Waals surface area contributed by atoms with Crippen LogP contribution in [0.25, 0.3) is 5.57 Å². The lowest BCUT2D eigenvalue weighted by Crippen LogP contribution is -2.40. The highest BCUT2D eigenvalue weighted by Gasteiger charge is 2.25. The molecule has 1 atom stereocenters. The van der Waals surface area contributed by atoms with Gasteiger partial charge < -0.3 is 14.9 Å². The lowest BCUT2D eigenvalue weighted by molar-refractivity contribution is -0.137. The average Bonchev–Trinajstić information content (AvgIpc) is 2.83. The molecule has 1 aromatic carbocycles. The minimum atomic E-state index is -0.797. The van der Waals surface area contributed by atoms with Crippen LogP contribution in [0.5, 0.6) is 0 Å². The summed E-state index contributed by atoms with van der Waals surface area (Å²) < 4.78 is 0. The summed E-state index contributed by atoms with van der Waals surface area (Å²) in [5.74, 6) is -0.944. The Hall–Kier alpha value is -3.05. The number of nitrogens with zero attached hydrogens (tertiary/aromatic N) is 3. The molecule has 0 saturated carbocycles. The molecule has 1 unspecified atom stereocenters. The van der Waals surface area contributed by atoms with Gasteiger partial charge in [0.15, 0.2) is 0 Å². The van der Waals surface area contributed by atoms with Gasteiger partial charge in [0, 0.05) is 61.9 Å². The second-order valence-electron chi connectivity index (χ2n) is 9.07. The van der Waals surface area contributed by atoms with Crippen LogP contribution in [-0.2, 0) is 11.3 Å². The van der Waals surface area contributed by atoms with E-state index in [-0.39, 0.29) is 12.3 Å². The average molecular weight is 494 g/mol. The molecule has 1 aromatic heterocycles. The summed E-state index contributed by atoms with van der Waals surface area (Å²) in [4.78, 5) is 20.7. The molecular weight excluding hydrogens is 458 g/mol. The molecule has 1 aliphatic rings. The van der Waals surface area contributed by atoms with E-state index >= 15 is 0 Å². The standard InChI is InChI=1S/C29H36ClN3O2/c1-5-8-24(29(21(3)17-28(34)35)23-10-12-25(30)13-11-23)18-27-26(6-2)33(16-15-32(27)4)20-22-9-7-14-31-19-22/h5,7-14,19,21H,6,15-18,20H2,1-4H3,(H,34,35)/b8-5+,29-24+. The maximum absolute atomic E-state index is 11.6. The highest BCUT2D eigenvalue weighted by Crippen LogP contribution is 2.36. The number of aromatic nitrogens is 1. The molecule has 2 heterocycles. The topological polar surface area (TPSA) is 56.7 Å². The molecule has 0 fully saturated rings. The van der Waals surface area contributed by atoms with Crippen LogP contribution in [-0.4, -0.2) is 46.0 Å². The number of hydrogen-bond donors (Lipinski definition) is 1. The summed E-state index contributed by atoms with van der Waals surface area (Å²) in [6.07, 6.45) is 9.64. The number of likely N-dealkylation sites (N-methyl/N-ethyl adjacent to an activating group) is 1. The number of carboxylic acids is 1. The Balaban J connectivity index is 2.09. The number of pyridine rings is 1. The first kappa shape index (κ1) is 26.6. The van der Waals surface area contributed by atoms with Gasteiger partial charge in [0.1, 0.15) is 0 Å². The predicted octanol–water partition coefficient (Wildman–Crippen LogP) is 6.63. The van der Waals surface area contributed by atoms with Crippen LogP contribution in [0, 0.1) is 5.92 Å². The van der Waals surface area contributed by atoms with Gasteiger partial charge >= 0.3 is 5.97 Å². The minimum absolute atomic E-state index is 0.0711. The molecule has 0 amide bonds. The molecule has 0 bridgehead atoms. The third kappa shape index (κ3) is 6.98. The lowest BCUT2D eigenvalue weighted by Gasteiger charge is -2.40. The van der Waals surface area contributed by atoms with E-state index in [0.29, 0.717) is 5.02 Å². The first-order valence-corrected chi connectivity index (χ1v) is 12.6. The Morgan fingerprint density at radius 3 is 2.54 bits per heavy atom. The van der Waals surface area contributed by atoms with Gasteiger partial charge in [-0.1, -0.05) is 55.8 Å². The summed E-state index contributed by atoms with van der Waals surface area (Å²) >= 11 is 6.17. The van der Waals surface area contributed by atoms with E-state index in [4.69, 9.17) is 11.6 Å². The van der Waals surface area contributed by atoms with Gasteiger partial charge in [0.2, 0.25) is 0 Å². The van der Waals surface area contributed by atoms with Crippen LogP contribution >= 0.6 is 11.6 Å². The molecule has 186 valence electrons. The molecule has 3 rings (SSSR count). The van der Waals surface area contributed by atoms with E-state index in [1.165, 1.54) is 17.0 Å². The van der Waals surface area contributed by atoms with E-state index in [1.54, 1.807) is 6.20 Å². The van der Waals surface area contributed by atoms with Crippen LogP contribution in [0.2, 0.25) is 5.02 Å². The maximum Gasteiger partial charge on any atom is 0.303 e. The van der Waals surface area contributed by atoms with Gasteiger partial charge in [-0.15, -0.1) is 0 Å². The molecule has 0 spiro atoms. The van der Waals surface area contributed by atoms with Gasteiger partial charge in [0.05, 0.1) is 6.42 Å². The van der Waals surface area contributed by atoms with Crippen LogP contribution in [0.3, 0.4) is 0 Å². The summed E-state index contributed by atoms with van der Waals surface area (Å²) in [5, 5.41) is 10.2. The van der Waals surface area contributed by atoms with Crippen LogP contribution in [0.4, 0.5) is 0 Å². The van der Waals surface area contributed by atoms with Gasteiger partial charge in [-0.05, 0) is 59.7 Å². The number of aliphatic carboxylic acids is 1. The molecule has 6 heteroatoms. The zero-order valence-electron chi connectivity index (χ0n) is 21.2. The molecule has 35 heavy (non-hydrogen) atoms. The van der Waals surface area contributed by atoms with E-state index in [2.05, 4.69) is 40.9 Å².